The summed E-state index contributed by atoms with van der Waals surface area (Å²) in [6.45, 7) is 0. The lowest BCUT2D eigenvalue weighted by Gasteiger charge is -2.22. The average molecular weight is 278 g/mol. The first-order valence-corrected chi connectivity index (χ1v) is 6.85. The first-order valence-electron chi connectivity index (χ1n) is 6.03. The molecule has 3 rings (SSSR count). The maximum atomic E-state index is 11.6. The fourth-order valence-corrected chi connectivity index (χ4v) is 3.38. The summed E-state index contributed by atoms with van der Waals surface area (Å²) in [5.74, 6) is -0.695. The Balaban J connectivity index is 2.40. The van der Waals surface area contributed by atoms with Crippen LogP contribution in [-0.2, 0) is 4.79 Å². The predicted molar refractivity (Wildman–Crippen MR) is 77.8 cm³/mol. The molecule has 2 aromatic rings. The van der Waals surface area contributed by atoms with Crippen LogP contribution in [0.1, 0.15) is 11.1 Å². The van der Waals surface area contributed by atoms with Crippen molar-refractivity contribution >= 4 is 23.2 Å². The van der Waals surface area contributed by atoms with Crippen LogP contribution in [-0.4, -0.2) is 5.91 Å². The number of hydrogen-bond donors (Lipinski definition) is 1. The Bertz CT molecular complexity index is 740. The van der Waals surface area contributed by atoms with Crippen molar-refractivity contribution in [2.24, 2.45) is 5.73 Å². The number of fused-ring (bicyclic) bond motifs is 2. The number of primary amides is 1. The van der Waals surface area contributed by atoms with Crippen LogP contribution in [0.4, 0.5) is 0 Å². The molecule has 0 radical (unpaired) electrons. The van der Waals surface area contributed by atoms with Gasteiger partial charge in [0.1, 0.15) is 11.6 Å². The fraction of sp³-hybridized carbons (Fsp3) is 0. The van der Waals surface area contributed by atoms with Crippen LogP contribution in [0.15, 0.2) is 63.9 Å². The Kier molecular flexibility index (Phi) is 3.05. The first-order chi connectivity index (χ1) is 9.72. The highest BCUT2D eigenvalue weighted by Gasteiger charge is 2.25. The van der Waals surface area contributed by atoms with Gasteiger partial charge >= 0.3 is 0 Å². The van der Waals surface area contributed by atoms with E-state index in [2.05, 4.69) is 0 Å². The van der Waals surface area contributed by atoms with E-state index in [1.807, 2.05) is 54.6 Å². The van der Waals surface area contributed by atoms with Gasteiger partial charge in [0.15, 0.2) is 0 Å². The van der Waals surface area contributed by atoms with Gasteiger partial charge in [-0.05, 0) is 23.3 Å². The minimum absolute atomic E-state index is 0.00481. The largest absolute Gasteiger partial charge is 0.365 e. The van der Waals surface area contributed by atoms with Crippen LogP contribution in [0.5, 0.6) is 0 Å². The normalized spacial score (nSPS) is 12.1. The third-order valence-corrected chi connectivity index (χ3v) is 4.29. The van der Waals surface area contributed by atoms with Crippen LogP contribution in [0, 0.1) is 11.3 Å². The molecule has 2 aromatic carbocycles. The third kappa shape index (κ3) is 1.89. The Morgan fingerprint density at radius 1 is 1.00 bits per heavy atom. The van der Waals surface area contributed by atoms with Crippen molar-refractivity contribution in [1.29, 1.82) is 5.26 Å². The fourth-order valence-electron chi connectivity index (χ4n) is 2.29. The van der Waals surface area contributed by atoms with Gasteiger partial charge in [-0.3, -0.25) is 4.79 Å². The number of benzene rings is 2. The summed E-state index contributed by atoms with van der Waals surface area (Å²) in [6, 6.07) is 17.4. The number of carbonyl (C=O) groups is 1. The van der Waals surface area contributed by atoms with Crippen molar-refractivity contribution in [2.45, 2.75) is 9.79 Å². The molecule has 1 amide bonds. The number of nitrogens with two attached hydrogens (primary N) is 1. The average Bonchev–Trinajstić information content (AvgIpc) is 2.47. The van der Waals surface area contributed by atoms with Gasteiger partial charge in [0.05, 0.1) is 0 Å². The number of amides is 1. The SMILES string of the molecule is N#CC(C(N)=O)=C1c2ccccc2Sc2ccccc21. The van der Waals surface area contributed by atoms with Gasteiger partial charge in [-0.25, -0.2) is 0 Å². The molecule has 4 heteroatoms. The highest BCUT2D eigenvalue weighted by molar-refractivity contribution is 7.99. The molecule has 0 aromatic heterocycles. The topological polar surface area (TPSA) is 66.9 Å². The molecule has 0 spiro atoms. The molecule has 0 bridgehead atoms. The van der Waals surface area contributed by atoms with E-state index in [4.69, 9.17) is 5.73 Å². The second kappa shape index (κ2) is 4.87. The molecule has 0 atom stereocenters. The van der Waals surface area contributed by atoms with E-state index in [0.717, 1.165) is 20.9 Å². The summed E-state index contributed by atoms with van der Waals surface area (Å²) < 4.78 is 0. The molecular weight excluding hydrogens is 268 g/mol. The molecule has 0 fully saturated rings. The zero-order chi connectivity index (χ0) is 14.1. The number of nitriles is 1. The van der Waals surface area contributed by atoms with Crippen LogP contribution < -0.4 is 5.73 Å². The Morgan fingerprint density at radius 2 is 1.50 bits per heavy atom. The van der Waals surface area contributed by atoms with Gasteiger partial charge < -0.3 is 5.73 Å². The lowest BCUT2D eigenvalue weighted by molar-refractivity contribution is -0.114. The summed E-state index contributed by atoms with van der Waals surface area (Å²) in [4.78, 5) is 13.6. The lowest BCUT2D eigenvalue weighted by atomic mass is 9.92. The highest BCUT2D eigenvalue weighted by Crippen LogP contribution is 2.46. The van der Waals surface area contributed by atoms with Gasteiger partial charge in [-0.15, -0.1) is 0 Å². The summed E-state index contributed by atoms with van der Waals surface area (Å²) >= 11 is 1.63. The van der Waals surface area contributed by atoms with Crippen molar-refractivity contribution in [3.63, 3.8) is 0 Å². The monoisotopic (exact) mass is 278 g/mol. The Hall–Kier alpha value is -2.51. The zero-order valence-electron chi connectivity index (χ0n) is 10.5. The van der Waals surface area contributed by atoms with E-state index in [-0.39, 0.29) is 5.57 Å². The van der Waals surface area contributed by atoms with Gasteiger partial charge in [0.25, 0.3) is 5.91 Å². The van der Waals surface area contributed by atoms with Crippen molar-refractivity contribution in [2.75, 3.05) is 0 Å². The second-order valence-corrected chi connectivity index (χ2v) is 5.40. The van der Waals surface area contributed by atoms with E-state index in [0.29, 0.717) is 5.57 Å². The second-order valence-electron chi connectivity index (χ2n) is 4.32. The minimum atomic E-state index is -0.695. The van der Waals surface area contributed by atoms with E-state index >= 15 is 0 Å². The molecule has 0 aliphatic carbocycles. The molecule has 96 valence electrons. The lowest BCUT2D eigenvalue weighted by Crippen LogP contribution is -2.16. The van der Waals surface area contributed by atoms with Crippen molar-refractivity contribution in [3.05, 3.63) is 65.2 Å². The van der Waals surface area contributed by atoms with Crippen LogP contribution in [0.3, 0.4) is 0 Å². The van der Waals surface area contributed by atoms with E-state index in [1.165, 1.54) is 0 Å². The summed E-state index contributed by atoms with van der Waals surface area (Å²) in [6.07, 6.45) is 0. The smallest absolute Gasteiger partial charge is 0.260 e. The van der Waals surface area contributed by atoms with Gasteiger partial charge in [0, 0.05) is 15.4 Å². The molecule has 0 saturated carbocycles. The molecule has 1 aliphatic heterocycles. The third-order valence-electron chi connectivity index (χ3n) is 3.14. The molecule has 0 unspecified atom stereocenters. The number of nitrogens with zero attached hydrogens (tertiary/aromatic N) is 1. The summed E-state index contributed by atoms with van der Waals surface area (Å²) in [5.41, 5.74) is 7.76. The zero-order valence-corrected chi connectivity index (χ0v) is 11.3. The quantitative estimate of drug-likeness (QED) is 0.549. The standard InChI is InChI=1S/C16H10N2OS/c17-9-12(16(18)19)15-10-5-1-3-7-13(10)20-14-8-4-2-6-11(14)15/h1-8H,(H2,18,19). The maximum Gasteiger partial charge on any atom is 0.260 e. The molecule has 1 heterocycles. The predicted octanol–water partition coefficient (Wildman–Crippen LogP) is 2.96. The molecule has 20 heavy (non-hydrogen) atoms. The number of carbonyl (C=O) groups excluding carboxylic acids is 1. The molecular formula is C16H10N2OS. The van der Waals surface area contributed by atoms with E-state index in [9.17, 15) is 10.1 Å². The molecule has 3 nitrogen and oxygen atoms in total. The summed E-state index contributed by atoms with van der Waals surface area (Å²) in [7, 11) is 0. The van der Waals surface area contributed by atoms with Gasteiger partial charge in [-0.2, -0.15) is 5.26 Å². The number of hydrogen-bond acceptors (Lipinski definition) is 3. The minimum Gasteiger partial charge on any atom is -0.365 e. The first kappa shape index (κ1) is 12.5. The summed E-state index contributed by atoms with van der Waals surface area (Å²) in [5, 5.41) is 9.28. The van der Waals surface area contributed by atoms with Crippen LogP contribution in [0.25, 0.3) is 5.57 Å². The van der Waals surface area contributed by atoms with E-state index in [1.54, 1.807) is 11.8 Å². The Morgan fingerprint density at radius 3 is 1.95 bits per heavy atom. The molecule has 1 aliphatic rings. The number of rotatable bonds is 1. The van der Waals surface area contributed by atoms with Crippen molar-refractivity contribution < 1.29 is 4.79 Å². The van der Waals surface area contributed by atoms with Crippen molar-refractivity contribution in [1.82, 2.24) is 0 Å². The molecule has 0 saturated heterocycles. The van der Waals surface area contributed by atoms with Gasteiger partial charge in [0.2, 0.25) is 0 Å². The Labute approximate surface area is 120 Å². The maximum absolute atomic E-state index is 11.6. The highest BCUT2D eigenvalue weighted by atomic mass is 32.2. The van der Waals surface area contributed by atoms with E-state index < -0.39 is 5.91 Å². The van der Waals surface area contributed by atoms with Gasteiger partial charge in [-0.1, -0.05) is 48.2 Å². The molecule has 2 N–H and O–H groups in total. The van der Waals surface area contributed by atoms with Crippen LogP contribution in [0.2, 0.25) is 0 Å². The van der Waals surface area contributed by atoms with Crippen molar-refractivity contribution in [3.8, 4) is 6.07 Å². The van der Waals surface area contributed by atoms with Crippen LogP contribution >= 0.6 is 11.8 Å².